The summed E-state index contributed by atoms with van der Waals surface area (Å²) in [6.45, 7) is 6.56. The Labute approximate surface area is 111 Å². The largest absolute Gasteiger partial charge is 0.480 e. The third-order valence-corrected chi connectivity index (χ3v) is 2.72. The second-order valence-corrected chi connectivity index (χ2v) is 5.47. The Morgan fingerprint density at radius 3 is 2.26 bits per heavy atom. The van der Waals surface area contributed by atoms with E-state index in [9.17, 15) is 14.4 Å². The highest BCUT2D eigenvalue weighted by Gasteiger charge is 2.33. The lowest BCUT2D eigenvalue weighted by Gasteiger charge is -2.27. The molecule has 19 heavy (non-hydrogen) atoms. The highest BCUT2D eigenvalue weighted by atomic mass is 16.4. The second-order valence-electron chi connectivity index (χ2n) is 5.47. The SMILES string of the molecule is CC(=O)c1c[nH]c(C(=O)NC(C(=O)O)C(C)(C)C)c1. The van der Waals surface area contributed by atoms with E-state index in [1.165, 1.54) is 19.2 Å². The minimum atomic E-state index is -1.10. The number of Topliss-reactive ketones (excluding diaryl/α,β-unsaturated/α-hetero) is 1. The van der Waals surface area contributed by atoms with E-state index in [0.717, 1.165) is 0 Å². The van der Waals surface area contributed by atoms with Crippen molar-refractivity contribution in [1.82, 2.24) is 10.3 Å². The van der Waals surface area contributed by atoms with Crippen molar-refractivity contribution in [3.05, 3.63) is 23.5 Å². The van der Waals surface area contributed by atoms with E-state index < -0.39 is 23.3 Å². The summed E-state index contributed by atoms with van der Waals surface area (Å²) in [6.07, 6.45) is 1.42. The quantitative estimate of drug-likeness (QED) is 0.718. The molecular weight excluding hydrogens is 248 g/mol. The number of carbonyl (C=O) groups is 3. The number of rotatable bonds is 4. The standard InChI is InChI=1S/C13H18N2O4/c1-7(16)8-5-9(14-6-8)11(17)15-10(12(18)19)13(2,3)4/h5-6,10,14H,1-4H3,(H,15,17)(H,18,19). The van der Waals surface area contributed by atoms with Crippen molar-refractivity contribution in [1.29, 1.82) is 0 Å². The van der Waals surface area contributed by atoms with Crippen LogP contribution in [0.4, 0.5) is 0 Å². The van der Waals surface area contributed by atoms with Crippen LogP contribution in [0.3, 0.4) is 0 Å². The van der Waals surface area contributed by atoms with Crippen molar-refractivity contribution >= 4 is 17.7 Å². The molecule has 1 unspecified atom stereocenters. The van der Waals surface area contributed by atoms with Gasteiger partial charge in [0, 0.05) is 11.8 Å². The minimum absolute atomic E-state index is 0.166. The molecule has 0 spiro atoms. The number of carboxylic acids is 1. The number of hydrogen-bond acceptors (Lipinski definition) is 3. The van der Waals surface area contributed by atoms with E-state index in [0.29, 0.717) is 5.56 Å². The Bertz CT molecular complexity index is 511. The summed E-state index contributed by atoms with van der Waals surface area (Å²) < 4.78 is 0. The molecule has 1 amide bonds. The van der Waals surface area contributed by atoms with Crippen molar-refractivity contribution in [2.75, 3.05) is 0 Å². The van der Waals surface area contributed by atoms with Crippen LogP contribution in [-0.2, 0) is 4.79 Å². The van der Waals surface area contributed by atoms with Gasteiger partial charge in [0.1, 0.15) is 11.7 Å². The van der Waals surface area contributed by atoms with Gasteiger partial charge in [-0.05, 0) is 18.4 Å². The number of aromatic amines is 1. The molecule has 1 heterocycles. The smallest absolute Gasteiger partial charge is 0.326 e. The molecule has 6 nitrogen and oxygen atoms in total. The lowest BCUT2D eigenvalue weighted by Crippen LogP contribution is -2.49. The first kappa shape index (κ1) is 14.9. The summed E-state index contributed by atoms with van der Waals surface area (Å²) in [5.41, 5.74) is -0.0641. The summed E-state index contributed by atoms with van der Waals surface area (Å²) in [7, 11) is 0. The number of nitrogens with one attached hydrogen (secondary N) is 2. The van der Waals surface area contributed by atoms with Crippen LogP contribution >= 0.6 is 0 Å². The van der Waals surface area contributed by atoms with Crippen molar-refractivity contribution in [2.24, 2.45) is 5.41 Å². The average molecular weight is 266 g/mol. The molecular formula is C13H18N2O4. The Hall–Kier alpha value is -2.11. The fourth-order valence-corrected chi connectivity index (χ4v) is 1.59. The molecule has 0 aliphatic heterocycles. The predicted octanol–water partition coefficient (Wildman–Crippen LogP) is 1.45. The topological polar surface area (TPSA) is 99.3 Å². The lowest BCUT2D eigenvalue weighted by molar-refractivity contribution is -0.142. The van der Waals surface area contributed by atoms with E-state index in [1.807, 2.05) is 0 Å². The molecule has 0 saturated heterocycles. The maximum absolute atomic E-state index is 11.9. The zero-order valence-corrected chi connectivity index (χ0v) is 11.4. The van der Waals surface area contributed by atoms with Gasteiger partial charge in [0.25, 0.3) is 5.91 Å². The molecule has 1 aromatic rings. The molecule has 0 saturated carbocycles. The van der Waals surface area contributed by atoms with Crippen LogP contribution in [-0.4, -0.2) is 33.8 Å². The van der Waals surface area contributed by atoms with Gasteiger partial charge in [-0.25, -0.2) is 4.79 Å². The summed E-state index contributed by atoms with van der Waals surface area (Å²) in [4.78, 5) is 36.9. The van der Waals surface area contributed by atoms with Crippen molar-refractivity contribution in [3.8, 4) is 0 Å². The number of H-pyrrole nitrogens is 1. The van der Waals surface area contributed by atoms with Crippen molar-refractivity contribution in [3.63, 3.8) is 0 Å². The van der Waals surface area contributed by atoms with E-state index in [-0.39, 0.29) is 11.5 Å². The zero-order valence-electron chi connectivity index (χ0n) is 11.4. The van der Waals surface area contributed by atoms with E-state index >= 15 is 0 Å². The van der Waals surface area contributed by atoms with Gasteiger partial charge in [0.15, 0.2) is 5.78 Å². The summed E-state index contributed by atoms with van der Waals surface area (Å²) in [6, 6.07) is 0.392. The molecule has 0 fully saturated rings. The summed E-state index contributed by atoms with van der Waals surface area (Å²) in [5.74, 6) is -1.81. The fraction of sp³-hybridized carbons (Fsp3) is 0.462. The molecule has 1 rings (SSSR count). The molecule has 0 bridgehead atoms. The predicted molar refractivity (Wildman–Crippen MR) is 69.1 cm³/mol. The molecule has 0 aromatic carbocycles. The number of carboxylic acid groups (broad SMARTS) is 1. The van der Waals surface area contributed by atoms with Gasteiger partial charge >= 0.3 is 5.97 Å². The van der Waals surface area contributed by atoms with Gasteiger partial charge in [0.05, 0.1) is 0 Å². The molecule has 0 aliphatic carbocycles. The van der Waals surface area contributed by atoms with Gasteiger partial charge in [0.2, 0.25) is 0 Å². The lowest BCUT2D eigenvalue weighted by atomic mass is 9.86. The third-order valence-electron chi connectivity index (χ3n) is 2.72. The third kappa shape index (κ3) is 3.67. The van der Waals surface area contributed by atoms with Crippen LogP contribution in [0.15, 0.2) is 12.3 Å². The van der Waals surface area contributed by atoms with E-state index in [1.54, 1.807) is 20.8 Å². The summed E-state index contributed by atoms with van der Waals surface area (Å²) >= 11 is 0. The fourth-order valence-electron chi connectivity index (χ4n) is 1.59. The van der Waals surface area contributed by atoms with Crippen LogP contribution in [0.2, 0.25) is 0 Å². The Morgan fingerprint density at radius 2 is 1.89 bits per heavy atom. The molecule has 1 aromatic heterocycles. The Morgan fingerprint density at radius 1 is 1.32 bits per heavy atom. The first-order valence-electron chi connectivity index (χ1n) is 5.86. The first-order valence-corrected chi connectivity index (χ1v) is 5.86. The normalized spacial score (nSPS) is 12.8. The van der Waals surface area contributed by atoms with Gasteiger partial charge < -0.3 is 15.4 Å². The number of hydrogen-bond donors (Lipinski definition) is 3. The van der Waals surface area contributed by atoms with Crippen LogP contribution < -0.4 is 5.32 Å². The zero-order chi connectivity index (χ0) is 14.8. The Kier molecular flexibility index (Phi) is 4.14. The monoisotopic (exact) mass is 266 g/mol. The van der Waals surface area contributed by atoms with Gasteiger partial charge in [-0.3, -0.25) is 9.59 Å². The number of amides is 1. The number of carbonyl (C=O) groups excluding carboxylic acids is 2. The number of aromatic nitrogens is 1. The maximum atomic E-state index is 11.9. The molecule has 6 heteroatoms. The van der Waals surface area contributed by atoms with Crippen LogP contribution in [0.1, 0.15) is 48.5 Å². The van der Waals surface area contributed by atoms with Crippen molar-refractivity contribution < 1.29 is 19.5 Å². The van der Waals surface area contributed by atoms with Gasteiger partial charge in [-0.2, -0.15) is 0 Å². The van der Waals surface area contributed by atoms with Crippen molar-refractivity contribution in [2.45, 2.75) is 33.7 Å². The molecule has 0 aliphatic rings. The van der Waals surface area contributed by atoms with Gasteiger partial charge in [-0.15, -0.1) is 0 Å². The van der Waals surface area contributed by atoms with E-state index in [4.69, 9.17) is 5.11 Å². The average Bonchev–Trinajstić information content (AvgIpc) is 2.72. The maximum Gasteiger partial charge on any atom is 0.326 e. The molecule has 104 valence electrons. The second kappa shape index (κ2) is 5.26. The van der Waals surface area contributed by atoms with Crippen LogP contribution in [0.5, 0.6) is 0 Å². The minimum Gasteiger partial charge on any atom is -0.480 e. The van der Waals surface area contributed by atoms with E-state index in [2.05, 4.69) is 10.3 Å². The van der Waals surface area contributed by atoms with Crippen LogP contribution in [0, 0.1) is 5.41 Å². The number of ketones is 1. The van der Waals surface area contributed by atoms with Gasteiger partial charge in [-0.1, -0.05) is 20.8 Å². The highest BCUT2D eigenvalue weighted by molar-refractivity contribution is 6.00. The molecule has 3 N–H and O–H groups in total. The molecule has 0 radical (unpaired) electrons. The molecule has 1 atom stereocenters. The highest BCUT2D eigenvalue weighted by Crippen LogP contribution is 2.20. The first-order chi connectivity index (χ1) is 8.62. The Balaban J connectivity index is 2.88. The number of aliphatic carboxylic acids is 1. The van der Waals surface area contributed by atoms with Crippen LogP contribution in [0.25, 0.3) is 0 Å². The summed E-state index contributed by atoms with van der Waals surface area (Å²) in [5, 5.41) is 11.6.